The second-order valence-corrected chi connectivity index (χ2v) is 11.7. The van der Waals surface area contributed by atoms with Crippen molar-refractivity contribution < 1.29 is 13.2 Å². The van der Waals surface area contributed by atoms with Crippen LogP contribution in [-0.4, -0.2) is 30.1 Å². The minimum atomic E-state index is -3.76. The fraction of sp³-hybridized carbons (Fsp3) is 0.524. The molecule has 0 saturated carbocycles. The van der Waals surface area contributed by atoms with E-state index >= 15 is 0 Å². The SMILES string of the molecule is CC(C)NS(=O)(=O)c1ccc(Cl)c(C(=O)Nc2cc(C(C)(C)C)nn2C(C)(C)C)c1. The molecule has 2 aromatic rings. The van der Waals surface area contributed by atoms with Gasteiger partial charge in [-0.3, -0.25) is 4.79 Å². The van der Waals surface area contributed by atoms with E-state index < -0.39 is 15.9 Å². The summed E-state index contributed by atoms with van der Waals surface area (Å²) >= 11 is 6.22. The first-order valence-corrected chi connectivity index (χ1v) is 11.6. The molecular formula is C21H31ClN4O3S. The highest BCUT2D eigenvalue weighted by molar-refractivity contribution is 7.89. The van der Waals surface area contributed by atoms with Crippen molar-refractivity contribution in [3.05, 3.63) is 40.5 Å². The molecule has 0 atom stereocenters. The van der Waals surface area contributed by atoms with E-state index in [-0.39, 0.29) is 32.5 Å². The molecule has 0 fully saturated rings. The van der Waals surface area contributed by atoms with Crippen molar-refractivity contribution in [2.24, 2.45) is 0 Å². The number of amides is 1. The molecular weight excluding hydrogens is 424 g/mol. The lowest BCUT2D eigenvalue weighted by atomic mass is 9.92. The third kappa shape index (κ3) is 5.62. The van der Waals surface area contributed by atoms with Gasteiger partial charge < -0.3 is 5.32 Å². The van der Waals surface area contributed by atoms with Gasteiger partial charge in [-0.25, -0.2) is 17.8 Å². The molecule has 0 aliphatic heterocycles. The fourth-order valence-electron chi connectivity index (χ4n) is 2.76. The van der Waals surface area contributed by atoms with Crippen LogP contribution in [0.1, 0.15) is 71.4 Å². The van der Waals surface area contributed by atoms with Crippen LogP contribution in [0.3, 0.4) is 0 Å². The maximum Gasteiger partial charge on any atom is 0.258 e. The number of sulfonamides is 1. The summed E-state index contributed by atoms with van der Waals surface area (Å²) in [6.07, 6.45) is 0. The lowest BCUT2D eigenvalue weighted by Crippen LogP contribution is -2.30. The molecule has 0 aliphatic carbocycles. The quantitative estimate of drug-likeness (QED) is 0.694. The molecule has 0 saturated heterocycles. The van der Waals surface area contributed by atoms with Crippen molar-refractivity contribution in [1.29, 1.82) is 0 Å². The van der Waals surface area contributed by atoms with Crippen LogP contribution >= 0.6 is 11.6 Å². The normalized spacial score (nSPS) is 13.0. The summed E-state index contributed by atoms with van der Waals surface area (Å²) in [5.41, 5.74) is 0.324. The van der Waals surface area contributed by atoms with Crippen LogP contribution in [0.25, 0.3) is 0 Å². The Labute approximate surface area is 184 Å². The van der Waals surface area contributed by atoms with Crippen LogP contribution in [-0.2, 0) is 21.0 Å². The van der Waals surface area contributed by atoms with E-state index in [1.54, 1.807) is 18.5 Å². The average molecular weight is 455 g/mol. The summed E-state index contributed by atoms with van der Waals surface area (Å²) in [6.45, 7) is 15.5. The fourth-order valence-corrected chi connectivity index (χ4v) is 4.24. The first-order chi connectivity index (χ1) is 13.5. The molecule has 1 amide bonds. The molecule has 0 unspecified atom stereocenters. The summed E-state index contributed by atoms with van der Waals surface area (Å²) in [4.78, 5) is 13.0. The zero-order valence-electron chi connectivity index (χ0n) is 18.8. The van der Waals surface area contributed by atoms with Gasteiger partial charge >= 0.3 is 0 Å². The summed E-state index contributed by atoms with van der Waals surface area (Å²) in [5.74, 6) is 0.00881. The van der Waals surface area contributed by atoms with Gasteiger partial charge in [0, 0.05) is 17.5 Å². The van der Waals surface area contributed by atoms with Gasteiger partial charge in [0.2, 0.25) is 10.0 Å². The van der Waals surface area contributed by atoms with Gasteiger partial charge in [0.25, 0.3) is 5.91 Å². The van der Waals surface area contributed by atoms with Crippen molar-refractivity contribution in [3.8, 4) is 0 Å². The Kier molecular flexibility index (Phi) is 6.76. The van der Waals surface area contributed by atoms with Crippen LogP contribution in [0, 0.1) is 0 Å². The average Bonchev–Trinajstić information content (AvgIpc) is 2.98. The third-order valence-corrected chi connectivity index (χ3v) is 6.22. The molecule has 0 radical (unpaired) electrons. The Morgan fingerprint density at radius 3 is 2.20 bits per heavy atom. The highest BCUT2D eigenvalue weighted by Crippen LogP contribution is 2.29. The van der Waals surface area contributed by atoms with Gasteiger partial charge in [0.1, 0.15) is 5.82 Å². The second kappa shape index (κ2) is 8.32. The number of nitrogens with one attached hydrogen (secondary N) is 2. The molecule has 7 nitrogen and oxygen atoms in total. The first-order valence-electron chi connectivity index (χ1n) is 9.76. The van der Waals surface area contributed by atoms with Crippen molar-refractivity contribution in [2.45, 2.75) is 77.3 Å². The second-order valence-electron chi connectivity index (χ2n) is 9.62. The number of nitrogens with zero attached hydrogens (tertiary/aromatic N) is 2. The lowest BCUT2D eigenvalue weighted by molar-refractivity contribution is 0.102. The Morgan fingerprint density at radius 2 is 1.70 bits per heavy atom. The molecule has 9 heteroatoms. The molecule has 30 heavy (non-hydrogen) atoms. The number of benzene rings is 1. The molecule has 0 aliphatic rings. The lowest BCUT2D eigenvalue weighted by Gasteiger charge is -2.23. The number of hydrogen-bond donors (Lipinski definition) is 2. The van der Waals surface area contributed by atoms with E-state index in [4.69, 9.17) is 11.6 Å². The van der Waals surface area contributed by atoms with Crippen molar-refractivity contribution in [2.75, 3.05) is 5.32 Å². The largest absolute Gasteiger partial charge is 0.307 e. The topological polar surface area (TPSA) is 93.1 Å². The van der Waals surface area contributed by atoms with E-state index in [0.29, 0.717) is 5.82 Å². The van der Waals surface area contributed by atoms with Gasteiger partial charge in [-0.1, -0.05) is 32.4 Å². The van der Waals surface area contributed by atoms with Crippen LogP contribution < -0.4 is 10.0 Å². The van der Waals surface area contributed by atoms with Crippen LogP contribution in [0.2, 0.25) is 5.02 Å². The maximum atomic E-state index is 13.0. The minimum absolute atomic E-state index is 0.0227. The Morgan fingerprint density at radius 1 is 1.10 bits per heavy atom. The summed E-state index contributed by atoms with van der Waals surface area (Å²) in [7, 11) is -3.76. The van der Waals surface area contributed by atoms with Gasteiger partial charge in [0.05, 0.1) is 26.7 Å². The predicted octanol–water partition coefficient (Wildman–Crippen LogP) is 4.53. The molecule has 1 heterocycles. The van der Waals surface area contributed by atoms with Gasteiger partial charge in [-0.2, -0.15) is 5.10 Å². The van der Waals surface area contributed by atoms with Crippen molar-refractivity contribution in [3.63, 3.8) is 0 Å². The molecule has 1 aromatic carbocycles. The van der Waals surface area contributed by atoms with Crippen LogP contribution in [0.15, 0.2) is 29.2 Å². The molecule has 0 spiro atoms. The summed E-state index contributed by atoms with van der Waals surface area (Å²) in [6, 6.07) is 5.62. The Hall–Kier alpha value is -1.90. The molecule has 1 aromatic heterocycles. The van der Waals surface area contributed by atoms with Crippen molar-refractivity contribution >= 4 is 33.3 Å². The van der Waals surface area contributed by atoms with Crippen LogP contribution in [0.4, 0.5) is 5.82 Å². The molecule has 0 bridgehead atoms. The van der Waals surface area contributed by atoms with Gasteiger partial charge in [0.15, 0.2) is 0 Å². The minimum Gasteiger partial charge on any atom is -0.307 e. The Bertz CT molecular complexity index is 1050. The van der Waals surface area contributed by atoms with E-state index in [1.165, 1.54) is 18.2 Å². The standard InChI is InChI=1S/C21H31ClN4O3S/c1-13(2)25-30(28,29)14-9-10-16(22)15(11-14)19(27)23-18-12-17(20(3,4)5)24-26(18)21(6,7)8/h9-13,25H,1-8H3,(H,23,27). The van der Waals surface area contributed by atoms with Crippen LogP contribution in [0.5, 0.6) is 0 Å². The number of halogens is 1. The smallest absolute Gasteiger partial charge is 0.258 e. The number of anilines is 1. The Balaban J connectivity index is 2.46. The summed E-state index contributed by atoms with van der Waals surface area (Å²) < 4.78 is 29.2. The molecule has 2 rings (SSSR count). The van der Waals surface area contributed by atoms with E-state index in [0.717, 1.165) is 5.69 Å². The number of aromatic nitrogens is 2. The zero-order valence-corrected chi connectivity index (χ0v) is 20.4. The number of rotatable bonds is 5. The molecule has 2 N–H and O–H groups in total. The number of carbonyl (C=O) groups is 1. The molecule has 166 valence electrons. The zero-order chi connectivity index (χ0) is 23.1. The predicted molar refractivity (Wildman–Crippen MR) is 121 cm³/mol. The number of carbonyl (C=O) groups excluding carboxylic acids is 1. The number of hydrogen-bond acceptors (Lipinski definition) is 4. The first kappa shape index (κ1) is 24.4. The van der Waals surface area contributed by atoms with E-state index in [1.807, 2.05) is 47.6 Å². The monoisotopic (exact) mass is 454 g/mol. The summed E-state index contributed by atoms with van der Waals surface area (Å²) in [5, 5.41) is 7.68. The third-order valence-electron chi connectivity index (χ3n) is 4.24. The highest BCUT2D eigenvalue weighted by atomic mass is 35.5. The van der Waals surface area contributed by atoms with Crippen molar-refractivity contribution in [1.82, 2.24) is 14.5 Å². The maximum absolute atomic E-state index is 13.0. The van der Waals surface area contributed by atoms with E-state index in [2.05, 4.69) is 15.1 Å². The van der Waals surface area contributed by atoms with E-state index in [9.17, 15) is 13.2 Å². The highest BCUT2D eigenvalue weighted by Gasteiger charge is 2.27. The van der Waals surface area contributed by atoms with Gasteiger partial charge in [-0.05, 0) is 52.8 Å². The van der Waals surface area contributed by atoms with Gasteiger partial charge in [-0.15, -0.1) is 0 Å².